The van der Waals surface area contributed by atoms with Gasteiger partial charge in [0.25, 0.3) is 0 Å². The van der Waals surface area contributed by atoms with E-state index in [0.29, 0.717) is 0 Å². The van der Waals surface area contributed by atoms with Gasteiger partial charge >= 0.3 is 0 Å². The van der Waals surface area contributed by atoms with Crippen molar-refractivity contribution in [3.8, 4) is 0 Å². The summed E-state index contributed by atoms with van der Waals surface area (Å²) in [6.07, 6.45) is 0. The standard InChI is InChI=1S/C17H21BrN2OS/c1-12(14-7-5-4-6-8-14)19-17(21)13(2)20(3)11-15-9-10-16(18)22-15/h4-10,12-13H,11H2,1-3H3,(H,19,21). The van der Waals surface area contributed by atoms with Gasteiger partial charge in [-0.3, -0.25) is 9.69 Å². The number of nitrogens with zero attached hydrogens (tertiary/aromatic N) is 1. The van der Waals surface area contributed by atoms with Crippen LogP contribution in [0.2, 0.25) is 0 Å². The second-order valence-electron chi connectivity index (χ2n) is 5.44. The molecular formula is C17H21BrN2OS. The Kier molecular flexibility index (Phi) is 6.17. The van der Waals surface area contributed by atoms with Gasteiger partial charge in [0.1, 0.15) is 0 Å². The number of rotatable bonds is 6. The molecule has 1 heterocycles. The third kappa shape index (κ3) is 4.66. The molecule has 2 unspecified atom stereocenters. The second-order valence-corrected chi connectivity index (χ2v) is 7.99. The Morgan fingerprint density at radius 1 is 1.23 bits per heavy atom. The lowest BCUT2D eigenvalue weighted by Crippen LogP contribution is -2.43. The Morgan fingerprint density at radius 3 is 2.50 bits per heavy atom. The molecule has 3 nitrogen and oxygen atoms in total. The van der Waals surface area contributed by atoms with Gasteiger partial charge in [0.15, 0.2) is 0 Å². The normalized spacial score (nSPS) is 13.9. The van der Waals surface area contributed by atoms with Crippen LogP contribution in [0.3, 0.4) is 0 Å². The lowest BCUT2D eigenvalue weighted by Gasteiger charge is -2.25. The number of thiophene rings is 1. The molecule has 0 radical (unpaired) electrons. The first-order valence-corrected chi connectivity index (χ1v) is 8.88. The van der Waals surface area contributed by atoms with Crippen LogP contribution in [0.15, 0.2) is 46.3 Å². The summed E-state index contributed by atoms with van der Waals surface area (Å²) < 4.78 is 1.12. The van der Waals surface area contributed by atoms with E-state index in [2.05, 4.69) is 32.2 Å². The van der Waals surface area contributed by atoms with Gasteiger partial charge in [0.05, 0.1) is 15.9 Å². The molecule has 2 rings (SSSR count). The second kappa shape index (κ2) is 7.90. The highest BCUT2D eigenvalue weighted by Crippen LogP contribution is 2.23. The number of benzene rings is 1. The summed E-state index contributed by atoms with van der Waals surface area (Å²) in [4.78, 5) is 15.7. The lowest BCUT2D eigenvalue weighted by molar-refractivity contribution is -0.126. The van der Waals surface area contributed by atoms with Crippen molar-refractivity contribution in [2.75, 3.05) is 7.05 Å². The van der Waals surface area contributed by atoms with Crippen molar-refractivity contribution in [1.82, 2.24) is 10.2 Å². The van der Waals surface area contributed by atoms with Crippen molar-refractivity contribution in [2.45, 2.75) is 32.5 Å². The Bertz CT molecular complexity index is 614. The summed E-state index contributed by atoms with van der Waals surface area (Å²) in [7, 11) is 1.98. The van der Waals surface area contributed by atoms with Gasteiger partial charge in [0, 0.05) is 11.4 Å². The van der Waals surface area contributed by atoms with Crippen LogP contribution in [0.1, 0.15) is 30.3 Å². The van der Waals surface area contributed by atoms with Gasteiger partial charge in [-0.15, -0.1) is 11.3 Å². The van der Waals surface area contributed by atoms with Gasteiger partial charge in [-0.1, -0.05) is 30.3 Å². The zero-order valence-electron chi connectivity index (χ0n) is 13.0. The number of carbonyl (C=O) groups excluding carboxylic acids is 1. The van der Waals surface area contributed by atoms with E-state index in [-0.39, 0.29) is 18.0 Å². The van der Waals surface area contributed by atoms with E-state index in [0.717, 1.165) is 15.9 Å². The average molecular weight is 381 g/mol. The fourth-order valence-corrected chi connectivity index (χ4v) is 3.73. The molecular weight excluding hydrogens is 360 g/mol. The Hall–Kier alpha value is -1.17. The first kappa shape index (κ1) is 17.2. The van der Waals surface area contributed by atoms with E-state index in [1.54, 1.807) is 11.3 Å². The largest absolute Gasteiger partial charge is 0.348 e. The minimum Gasteiger partial charge on any atom is -0.348 e. The van der Waals surface area contributed by atoms with Crippen molar-refractivity contribution in [2.24, 2.45) is 0 Å². The molecule has 0 fully saturated rings. The smallest absolute Gasteiger partial charge is 0.237 e. The molecule has 22 heavy (non-hydrogen) atoms. The molecule has 1 amide bonds. The Balaban J connectivity index is 1.91. The summed E-state index contributed by atoms with van der Waals surface area (Å²) in [5.74, 6) is 0.0504. The maximum Gasteiger partial charge on any atom is 0.237 e. The molecule has 0 aliphatic rings. The average Bonchev–Trinajstić information content (AvgIpc) is 2.92. The van der Waals surface area contributed by atoms with Gasteiger partial charge in [-0.2, -0.15) is 0 Å². The minimum absolute atomic E-state index is 0.0143. The third-order valence-electron chi connectivity index (χ3n) is 3.73. The number of carbonyl (C=O) groups is 1. The molecule has 1 N–H and O–H groups in total. The van der Waals surface area contributed by atoms with Crippen molar-refractivity contribution >= 4 is 33.2 Å². The van der Waals surface area contributed by atoms with Gasteiger partial charge < -0.3 is 5.32 Å². The number of halogens is 1. The molecule has 0 bridgehead atoms. The van der Waals surface area contributed by atoms with Crippen LogP contribution >= 0.6 is 27.3 Å². The van der Waals surface area contributed by atoms with Gasteiger partial charge in [0.2, 0.25) is 5.91 Å². The highest BCUT2D eigenvalue weighted by molar-refractivity contribution is 9.11. The van der Waals surface area contributed by atoms with E-state index >= 15 is 0 Å². The molecule has 0 aliphatic heterocycles. The number of amides is 1. The molecule has 0 saturated heterocycles. The number of hydrogen-bond donors (Lipinski definition) is 1. The zero-order valence-corrected chi connectivity index (χ0v) is 15.4. The summed E-state index contributed by atoms with van der Waals surface area (Å²) in [6, 6.07) is 14.0. The summed E-state index contributed by atoms with van der Waals surface area (Å²) in [6.45, 7) is 4.72. The van der Waals surface area contributed by atoms with E-state index in [1.807, 2.05) is 57.3 Å². The summed E-state index contributed by atoms with van der Waals surface area (Å²) in [5, 5.41) is 3.08. The first-order valence-electron chi connectivity index (χ1n) is 7.27. The number of nitrogens with one attached hydrogen (secondary N) is 1. The molecule has 0 spiro atoms. The molecule has 2 atom stereocenters. The van der Waals surface area contributed by atoms with Crippen molar-refractivity contribution in [1.29, 1.82) is 0 Å². The van der Waals surface area contributed by atoms with E-state index in [9.17, 15) is 4.79 Å². The Labute approximate surface area is 144 Å². The minimum atomic E-state index is -0.174. The van der Waals surface area contributed by atoms with Gasteiger partial charge in [-0.05, 0) is 54.5 Å². The number of hydrogen-bond acceptors (Lipinski definition) is 3. The maximum absolute atomic E-state index is 12.4. The molecule has 2 aromatic rings. The highest BCUT2D eigenvalue weighted by atomic mass is 79.9. The van der Waals surface area contributed by atoms with E-state index in [4.69, 9.17) is 0 Å². The van der Waals surface area contributed by atoms with Crippen LogP contribution in [-0.4, -0.2) is 23.9 Å². The van der Waals surface area contributed by atoms with Crippen LogP contribution < -0.4 is 5.32 Å². The quantitative estimate of drug-likeness (QED) is 0.813. The van der Waals surface area contributed by atoms with E-state index < -0.39 is 0 Å². The number of likely N-dealkylation sites (N-methyl/N-ethyl adjacent to an activating group) is 1. The zero-order chi connectivity index (χ0) is 16.1. The SMILES string of the molecule is CC(NC(=O)C(C)N(C)Cc1ccc(Br)s1)c1ccccc1. The first-order chi connectivity index (χ1) is 10.5. The Morgan fingerprint density at radius 2 is 1.91 bits per heavy atom. The fraction of sp³-hybridized carbons (Fsp3) is 0.353. The molecule has 0 saturated carbocycles. The van der Waals surface area contributed by atoms with Crippen LogP contribution in [0.25, 0.3) is 0 Å². The fourth-order valence-electron chi connectivity index (χ4n) is 2.18. The van der Waals surface area contributed by atoms with Crippen molar-refractivity contribution in [3.05, 3.63) is 56.7 Å². The van der Waals surface area contributed by atoms with Crippen LogP contribution in [-0.2, 0) is 11.3 Å². The van der Waals surface area contributed by atoms with Gasteiger partial charge in [-0.25, -0.2) is 0 Å². The predicted octanol–water partition coefficient (Wildman–Crippen LogP) is 4.21. The molecule has 5 heteroatoms. The summed E-state index contributed by atoms with van der Waals surface area (Å²) >= 11 is 5.17. The molecule has 1 aromatic heterocycles. The third-order valence-corrected chi connectivity index (χ3v) is 5.34. The molecule has 0 aliphatic carbocycles. The van der Waals surface area contributed by atoms with Crippen molar-refractivity contribution in [3.63, 3.8) is 0 Å². The predicted molar refractivity (Wildman–Crippen MR) is 95.9 cm³/mol. The van der Waals surface area contributed by atoms with Crippen LogP contribution in [0, 0.1) is 0 Å². The monoisotopic (exact) mass is 380 g/mol. The van der Waals surface area contributed by atoms with E-state index in [1.165, 1.54) is 4.88 Å². The van der Waals surface area contributed by atoms with Crippen LogP contribution in [0.4, 0.5) is 0 Å². The van der Waals surface area contributed by atoms with Crippen molar-refractivity contribution < 1.29 is 4.79 Å². The van der Waals surface area contributed by atoms with Crippen LogP contribution in [0.5, 0.6) is 0 Å². The maximum atomic E-state index is 12.4. The lowest BCUT2D eigenvalue weighted by atomic mass is 10.1. The summed E-state index contributed by atoms with van der Waals surface area (Å²) in [5.41, 5.74) is 1.12. The molecule has 1 aromatic carbocycles. The topological polar surface area (TPSA) is 32.3 Å². The molecule has 118 valence electrons. The highest BCUT2D eigenvalue weighted by Gasteiger charge is 2.20.